The average molecular weight is 371 g/mol. The number of amides is 2. The Morgan fingerprint density at radius 2 is 2.00 bits per heavy atom. The molecule has 0 bridgehead atoms. The van der Waals surface area contributed by atoms with Crippen LogP contribution in [-0.4, -0.2) is 32.8 Å². The maximum absolute atomic E-state index is 12.2. The summed E-state index contributed by atoms with van der Waals surface area (Å²) in [6.07, 6.45) is 3.69. The molecule has 0 saturated carbocycles. The molecule has 0 fully saturated rings. The molecule has 0 spiro atoms. The Morgan fingerprint density at radius 3 is 2.81 bits per heavy atom. The molecular weight excluding hydrogens is 346 g/mol. The van der Waals surface area contributed by atoms with Crippen molar-refractivity contribution >= 4 is 12.0 Å². The first-order valence-corrected chi connectivity index (χ1v) is 9.29. The highest BCUT2D eigenvalue weighted by atomic mass is 16.5. The van der Waals surface area contributed by atoms with Crippen molar-refractivity contribution in [3.8, 4) is 0 Å². The molecule has 0 aliphatic carbocycles. The molecule has 27 heavy (non-hydrogen) atoms. The molecule has 8 nitrogen and oxygen atoms in total. The highest BCUT2D eigenvalue weighted by Crippen LogP contribution is 2.14. The van der Waals surface area contributed by atoms with Gasteiger partial charge in [0.25, 0.3) is 0 Å². The Balaban J connectivity index is 1.44. The van der Waals surface area contributed by atoms with Crippen molar-refractivity contribution < 1.29 is 14.3 Å². The number of aromatic nitrogens is 3. The van der Waals surface area contributed by atoms with Crippen LogP contribution in [0.3, 0.4) is 0 Å². The van der Waals surface area contributed by atoms with E-state index in [0.717, 1.165) is 43.0 Å². The molecule has 1 aromatic carbocycles. The van der Waals surface area contributed by atoms with Crippen LogP contribution < -0.4 is 10.6 Å². The Hall–Kier alpha value is -2.90. The van der Waals surface area contributed by atoms with Crippen molar-refractivity contribution in [1.29, 1.82) is 0 Å². The normalized spacial score (nSPS) is 14.6. The number of ether oxygens (including phenoxy) is 1. The molecular formula is C19H25N5O3. The van der Waals surface area contributed by atoms with Gasteiger partial charge in [0.05, 0.1) is 6.54 Å². The van der Waals surface area contributed by atoms with Gasteiger partial charge in [-0.25, -0.2) is 4.79 Å². The van der Waals surface area contributed by atoms with E-state index in [0.29, 0.717) is 0 Å². The van der Waals surface area contributed by atoms with Crippen molar-refractivity contribution in [1.82, 2.24) is 25.4 Å². The molecule has 1 unspecified atom stereocenters. The Bertz CT molecular complexity index is 775. The fourth-order valence-electron chi connectivity index (χ4n) is 3.00. The summed E-state index contributed by atoms with van der Waals surface area (Å²) in [6, 6.07) is 8.66. The maximum atomic E-state index is 12.2. The van der Waals surface area contributed by atoms with E-state index in [1.165, 1.54) is 6.42 Å². The van der Waals surface area contributed by atoms with E-state index in [2.05, 4.69) is 25.4 Å². The van der Waals surface area contributed by atoms with Crippen molar-refractivity contribution in [2.75, 3.05) is 0 Å². The Morgan fingerprint density at radius 1 is 1.19 bits per heavy atom. The average Bonchev–Trinajstić information content (AvgIpc) is 2.91. The fraction of sp³-hybridized carbons (Fsp3) is 0.474. The van der Waals surface area contributed by atoms with Crippen LogP contribution in [0, 0.1) is 0 Å². The zero-order chi connectivity index (χ0) is 19.1. The predicted molar refractivity (Wildman–Crippen MR) is 98.6 cm³/mol. The summed E-state index contributed by atoms with van der Waals surface area (Å²) in [5.41, 5.74) is 0.886. The number of alkyl carbamates (subject to hydrolysis) is 1. The number of carbonyl (C=O) groups is 2. The molecule has 1 aliphatic rings. The number of nitrogens with one attached hydrogen (secondary N) is 2. The number of nitrogens with zero attached hydrogens (tertiary/aromatic N) is 3. The number of rotatable bonds is 6. The van der Waals surface area contributed by atoms with Crippen LogP contribution in [0.15, 0.2) is 30.3 Å². The number of aryl methyl sites for hydroxylation is 1. The number of fused-ring (bicyclic) bond motifs is 1. The van der Waals surface area contributed by atoms with Crippen molar-refractivity contribution in [2.45, 2.75) is 58.3 Å². The first-order valence-electron chi connectivity index (χ1n) is 9.29. The lowest BCUT2D eigenvalue weighted by Crippen LogP contribution is -2.45. The zero-order valence-electron chi connectivity index (χ0n) is 15.5. The van der Waals surface area contributed by atoms with Gasteiger partial charge in [0.2, 0.25) is 5.91 Å². The van der Waals surface area contributed by atoms with Gasteiger partial charge in [-0.3, -0.25) is 4.79 Å². The van der Waals surface area contributed by atoms with Gasteiger partial charge < -0.3 is 19.9 Å². The second kappa shape index (κ2) is 9.16. The first-order chi connectivity index (χ1) is 13.1. The molecule has 3 rings (SSSR count). The lowest BCUT2D eigenvalue weighted by Gasteiger charge is -2.14. The van der Waals surface area contributed by atoms with Gasteiger partial charge >= 0.3 is 6.09 Å². The van der Waals surface area contributed by atoms with Gasteiger partial charge in [-0.05, 0) is 25.3 Å². The van der Waals surface area contributed by atoms with Crippen LogP contribution in [0.1, 0.15) is 43.4 Å². The predicted octanol–water partition coefficient (Wildman–Crippen LogP) is 1.94. The summed E-state index contributed by atoms with van der Waals surface area (Å²) in [4.78, 5) is 24.1. The highest BCUT2D eigenvalue weighted by molar-refractivity contribution is 5.85. The minimum Gasteiger partial charge on any atom is -0.445 e. The number of benzene rings is 1. The molecule has 144 valence electrons. The second-order valence-corrected chi connectivity index (χ2v) is 6.64. The lowest BCUT2D eigenvalue weighted by atomic mass is 10.2. The summed E-state index contributed by atoms with van der Waals surface area (Å²) >= 11 is 0. The third kappa shape index (κ3) is 5.29. The molecule has 0 radical (unpaired) electrons. The van der Waals surface area contributed by atoms with Crippen molar-refractivity contribution in [3.05, 3.63) is 47.5 Å². The van der Waals surface area contributed by atoms with E-state index in [4.69, 9.17) is 4.74 Å². The van der Waals surface area contributed by atoms with Gasteiger partial charge in [0, 0.05) is 13.0 Å². The molecule has 1 atom stereocenters. The molecule has 2 heterocycles. The van der Waals surface area contributed by atoms with Crippen molar-refractivity contribution in [3.63, 3.8) is 0 Å². The Labute approximate surface area is 158 Å². The molecule has 8 heteroatoms. The minimum atomic E-state index is -0.709. The Kier molecular flexibility index (Phi) is 6.40. The van der Waals surface area contributed by atoms with E-state index in [9.17, 15) is 9.59 Å². The largest absolute Gasteiger partial charge is 0.445 e. The van der Waals surface area contributed by atoms with Crippen LogP contribution >= 0.6 is 0 Å². The van der Waals surface area contributed by atoms with E-state index < -0.39 is 12.1 Å². The number of hydrogen-bond donors (Lipinski definition) is 2. The van der Waals surface area contributed by atoms with Gasteiger partial charge in [0.1, 0.15) is 18.5 Å². The van der Waals surface area contributed by atoms with Crippen LogP contribution in [0.2, 0.25) is 0 Å². The third-order valence-electron chi connectivity index (χ3n) is 4.55. The molecule has 2 N–H and O–H groups in total. The van der Waals surface area contributed by atoms with E-state index in [1.807, 2.05) is 30.3 Å². The van der Waals surface area contributed by atoms with Crippen molar-refractivity contribution in [2.24, 2.45) is 0 Å². The summed E-state index contributed by atoms with van der Waals surface area (Å²) in [6.45, 7) is 2.94. The number of hydrogen-bond acceptors (Lipinski definition) is 5. The third-order valence-corrected chi connectivity index (χ3v) is 4.55. The summed E-state index contributed by atoms with van der Waals surface area (Å²) in [5, 5.41) is 13.7. The van der Waals surface area contributed by atoms with Crippen LogP contribution in [0.4, 0.5) is 4.79 Å². The van der Waals surface area contributed by atoms with E-state index >= 15 is 0 Å². The summed E-state index contributed by atoms with van der Waals surface area (Å²) < 4.78 is 7.21. The topological polar surface area (TPSA) is 98.1 Å². The van der Waals surface area contributed by atoms with E-state index in [-0.39, 0.29) is 19.1 Å². The molecule has 0 saturated heterocycles. The second-order valence-electron chi connectivity index (χ2n) is 6.64. The highest BCUT2D eigenvalue weighted by Gasteiger charge is 2.19. The minimum absolute atomic E-state index is 0.160. The van der Waals surface area contributed by atoms with E-state index in [1.54, 1.807) is 6.92 Å². The molecule has 2 amide bonds. The quantitative estimate of drug-likeness (QED) is 0.809. The molecule has 1 aliphatic heterocycles. The van der Waals surface area contributed by atoms with Crippen LogP contribution in [0.25, 0.3) is 0 Å². The monoisotopic (exact) mass is 371 g/mol. The molecule has 2 aromatic rings. The van der Waals surface area contributed by atoms with Crippen LogP contribution in [-0.2, 0) is 35.6 Å². The standard InChI is InChI=1S/C19H25N5O3/c1-14(21-19(26)27-13-15-8-4-2-5-9-15)18(25)20-12-17-23-22-16-10-6-3-7-11-24(16)17/h2,4-5,8-9,14H,3,6-7,10-13H2,1H3,(H,20,25)(H,21,26). The lowest BCUT2D eigenvalue weighted by molar-refractivity contribution is -0.122. The zero-order valence-corrected chi connectivity index (χ0v) is 15.5. The van der Waals surface area contributed by atoms with Crippen LogP contribution in [0.5, 0.6) is 0 Å². The summed E-state index contributed by atoms with van der Waals surface area (Å²) in [5.74, 6) is 1.43. The van der Waals surface area contributed by atoms with Gasteiger partial charge in [-0.1, -0.05) is 36.8 Å². The van der Waals surface area contributed by atoms with Gasteiger partial charge in [0.15, 0.2) is 5.82 Å². The fourth-order valence-corrected chi connectivity index (χ4v) is 3.00. The van der Waals surface area contributed by atoms with Gasteiger partial charge in [-0.2, -0.15) is 0 Å². The first kappa shape index (κ1) is 18.9. The SMILES string of the molecule is CC(NC(=O)OCc1ccccc1)C(=O)NCc1nnc2n1CCCCC2. The maximum Gasteiger partial charge on any atom is 0.408 e. The number of carbonyl (C=O) groups excluding carboxylic acids is 2. The van der Waals surface area contributed by atoms with Gasteiger partial charge in [-0.15, -0.1) is 10.2 Å². The molecule has 1 aromatic heterocycles. The smallest absolute Gasteiger partial charge is 0.408 e. The summed E-state index contributed by atoms with van der Waals surface area (Å²) in [7, 11) is 0.